The second-order valence-electron chi connectivity index (χ2n) is 3.29. The number of rotatable bonds is 7. The Kier molecular flexibility index (Phi) is 6.49. The zero-order valence-corrected chi connectivity index (χ0v) is 8.52. The predicted molar refractivity (Wildman–Crippen MR) is 53.8 cm³/mol. The van der Waals surface area contributed by atoms with Crippen LogP contribution in [0.5, 0.6) is 0 Å². The number of nitrogens with one attached hydrogen (secondary N) is 1. The van der Waals surface area contributed by atoms with Crippen molar-refractivity contribution >= 4 is 5.84 Å². The largest absolute Gasteiger partial charge is 0.387 e. The molecular formula is C9H20FN3. The molecule has 3 nitrogen and oxygen atoms in total. The molecule has 0 aliphatic carbocycles. The zero-order valence-electron chi connectivity index (χ0n) is 8.52. The molecule has 0 aromatic rings. The van der Waals surface area contributed by atoms with Crippen molar-refractivity contribution in [3.05, 3.63) is 0 Å². The first-order valence-electron chi connectivity index (χ1n) is 4.74. The third-order valence-corrected chi connectivity index (χ3v) is 2.12. The molecule has 78 valence electrons. The molecule has 0 heterocycles. The first kappa shape index (κ1) is 12.4. The number of halogens is 1. The summed E-state index contributed by atoms with van der Waals surface area (Å²) in [5, 5.41) is 7.22. The van der Waals surface area contributed by atoms with Gasteiger partial charge in [0.1, 0.15) is 0 Å². The summed E-state index contributed by atoms with van der Waals surface area (Å²) in [5.41, 5.74) is 5.35. The van der Waals surface area contributed by atoms with Gasteiger partial charge in [-0.2, -0.15) is 0 Å². The van der Waals surface area contributed by atoms with Crippen LogP contribution >= 0.6 is 0 Å². The SMILES string of the molecule is CCN(CCCF)CC(C)C(=N)N. The van der Waals surface area contributed by atoms with Gasteiger partial charge in [0.25, 0.3) is 0 Å². The molecule has 0 radical (unpaired) electrons. The average molecular weight is 189 g/mol. The first-order valence-corrected chi connectivity index (χ1v) is 4.74. The van der Waals surface area contributed by atoms with Crippen molar-refractivity contribution in [3.63, 3.8) is 0 Å². The number of nitrogens with zero attached hydrogens (tertiary/aromatic N) is 1. The van der Waals surface area contributed by atoms with E-state index in [2.05, 4.69) is 4.90 Å². The van der Waals surface area contributed by atoms with Crippen LogP contribution in [0.2, 0.25) is 0 Å². The summed E-state index contributed by atoms with van der Waals surface area (Å²) >= 11 is 0. The van der Waals surface area contributed by atoms with E-state index in [0.29, 0.717) is 6.42 Å². The van der Waals surface area contributed by atoms with Gasteiger partial charge in [-0.3, -0.25) is 9.80 Å². The molecule has 0 aliphatic rings. The molecule has 0 aromatic carbocycles. The molecule has 0 saturated carbocycles. The molecule has 13 heavy (non-hydrogen) atoms. The Morgan fingerprint density at radius 3 is 2.62 bits per heavy atom. The molecule has 0 aliphatic heterocycles. The molecule has 3 N–H and O–H groups in total. The van der Waals surface area contributed by atoms with Gasteiger partial charge in [-0.05, 0) is 13.0 Å². The summed E-state index contributed by atoms with van der Waals surface area (Å²) in [4.78, 5) is 2.12. The van der Waals surface area contributed by atoms with E-state index in [0.717, 1.165) is 19.6 Å². The lowest BCUT2D eigenvalue weighted by molar-refractivity contribution is 0.256. The van der Waals surface area contributed by atoms with Crippen LogP contribution < -0.4 is 5.73 Å². The number of hydrogen-bond acceptors (Lipinski definition) is 2. The van der Waals surface area contributed by atoms with Gasteiger partial charge in [-0.1, -0.05) is 13.8 Å². The van der Waals surface area contributed by atoms with Crippen LogP contribution in [-0.4, -0.2) is 37.0 Å². The molecule has 1 atom stereocenters. The van der Waals surface area contributed by atoms with Crippen LogP contribution in [0.3, 0.4) is 0 Å². The van der Waals surface area contributed by atoms with Gasteiger partial charge in [0.15, 0.2) is 0 Å². The number of nitrogens with two attached hydrogens (primary N) is 1. The lowest BCUT2D eigenvalue weighted by Crippen LogP contribution is -2.35. The van der Waals surface area contributed by atoms with Crippen molar-refractivity contribution in [2.45, 2.75) is 20.3 Å². The molecule has 0 spiro atoms. The second-order valence-corrected chi connectivity index (χ2v) is 3.29. The van der Waals surface area contributed by atoms with Gasteiger partial charge < -0.3 is 10.6 Å². The van der Waals surface area contributed by atoms with E-state index in [4.69, 9.17) is 11.1 Å². The Bertz CT molecular complexity index is 150. The Morgan fingerprint density at radius 2 is 2.23 bits per heavy atom. The Morgan fingerprint density at radius 1 is 1.62 bits per heavy atom. The van der Waals surface area contributed by atoms with E-state index >= 15 is 0 Å². The fraction of sp³-hybridized carbons (Fsp3) is 0.889. The number of alkyl halides is 1. The third kappa shape index (κ3) is 5.58. The summed E-state index contributed by atoms with van der Waals surface area (Å²) in [6.45, 7) is 6.07. The van der Waals surface area contributed by atoms with Crippen molar-refractivity contribution in [2.24, 2.45) is 11.7 Å². The topological polar surface area (TPSA) is 53.1 Å². The normalized spacial score (nSPS) is 13.2. The lowest BCUT2D eigenvalue weighted by Gasteiger charge is -2.22. The molecule has 0 aromatic heterocycles. The van der Waals surface area contributed by atoms with E-state index in [9.17, 15) is 4.39 Å². The molecule has 0 amide bonds. The lowest BCUT2D eigenvalue weighted by atomic mass is 10.1. The summed E-state index contributed by atoms with van der Waals surface area (Å²) in [6, 6.07) is 0. The molecule has 0 bridgehead atoms. The molecular weight excluding hydrogens is 169 g/mol. The quantitative estimate of drug-likeness (QED) is 0.467. The van der Waals surface area contributed by atoms with E-state index in [-0.39, 0.29) is 18.4 Å². The molecule has 0 saturated heterocycles. The highest BCUT2D eigenvalue weighted by Gasteiger charge is 2.10. The highest BCUT2D eigenvalue weighted by atomic mass is 19.1. The van der Waals surface area contributed by atoms with Crippen LogP contribution in [0.15, 0.2) is 0 Å². The van der Waals surface area contributed by atoms with Crippen molar-refractivity contribution in [2.75, 3.05) is 26.3 Å². The van der Waals surface area contributed by atoms with Crippen LogP contribution in [0.25, 0.3) is 0 Å². The minimum atomic E-state index is -0.273. The number of hydrogen-bond donors (Lipinski definition) is 2. The van der Waals surface area contributed by atoms with Gasteiger partial charge in [-0.25, -0.2) is 0 Å². The zero-order chi connectivity index (χ0) is 10.3. The smallest absolute Gasteiger partial charge is 0.0947 e. The minimum Gasteiger partial charge on any atom is -0.387 e. The Labute approximate surface area is 79.6 Å². The molecule has 0 fully saturated rings. The van der Waals surface area contributed by atoms with Gasteiger partial charge in [0.05, 0.1) is 12.5 Å². The summed E-state index contributed by atoms with van der Waals surface area (Å²) in [6.07, 6.45) is 0.568. The maximum absolute atomic E-state index is 11.9. The summed E-state index contributed by atoms with van der Waals surface area (Å²) in [7, 11) is 0. The van der Waals surface area contributed by atoms with E-state index < -0.39 is 0 Å². The monoisotopic (exact) mass is 189 g/mol. The van der Waals surface area contributed by atoms with E-state index in [1.807, 2.05) is 13.8 Å². The molecule has 4 heteroatoms. The van der Waals surface area contributed by atoms with Gasteiger partial charge in [0, 0.05) is 19.0 Å². The minimum absolute atomic E-state index is 0.0690. The summed E-state index contributed by atoms with van der Waals surface area (Å²) < 4.78 is 11.9. The van der Waals surface area contributed by atoms with Gasteiger partial charge in [-0.15, -0.1) is 0 Å². The van der Waals surface area contributed by atoms with Crippen molar-refractivity contribution in [1.29, 1.82) is 5.41 Å². The Hall–Kier alpha value is -0.640. The predicted octanol–water partition coefficient (Wildman–Crippen LogP) is 1.24. The van der Waals surface area contributed by atoms with Crippen molar-refractivity contribution < 1.29 is 4.39 Å². The standard InChI is InChI=1S/C9H20FN3/c1-3-13(6-4-5-10)7-8(2)9(11)12/h8H,3-7H2,1-2H3,(H3,11,12). The first-order chi connectivity index (χ1) is 6.11. The number of amidine groups is 1. The van der Waals surface area contributed by atoms with Gasteiger partial charge >= 0.3 is 0 Å². The highest BCUT2D eigenvalue weighted by molar-refractivity contribution is 5.79. The third-order valence-electron chi connectivity index (χ3n) is 2.12. The highest BCUT2D eigenvalue weighted by Crippen LogP contribution is 2.00. The van der Waals surface area contributed by atoms with Crippen molar-refractivity contribution in [3.8, 4) is 0 Å². The fourth-order valence-corrected chi connectivity index (χ4v) is 1.15. The van der Waals surface area contributed by atoms with Crippen LogP contribution in [-0.2, 0) is 0 Å². The van der Waals surface area contributed by atoms with E-state index in [1.54, 1.807) is 0 Å². The van der Waals surface area contributed by atoms with E-state index in [1.165, 1.54) is 0 Å². The maximum Gasteiger partial charge on any atom is 0.0947 e. The summed E-state index contributed by atoms with van der Waals surface area (Å²) in [5.74, 6) is 0.276. The van der Waals surface area contributed by atoms with Gasteiger partial charge in [0.2, 0.25) is 0 Å². The fourth-order valence-electron chi connectivity index (χ4n) is 1.15. The molecule has 1 unspecified atom stereocenters. The van der Waals surface area contributed by atoms with Crippen molar-refractivity contribution in [1.82, 2.24) is 4.90 Å². The van der Waals surface area contributed by atoms with Crippen LogP contribution in [0, 0.1) is 11.3 Å². The van der Waals surface area contributed by atoms with Crippen LogP contribution in [0.1, 0.15) is 20.3 Å². The second kappa shape index (κ2) is 6.83. The maximum atomic E-state index is 11.9. The average Bonchev–Trinajstić information content (AvgIpc) is 2.11. The Balaban J connectivity index is 3.75. The molecule has 0 rings (SSSR count). The van der Waals surface area contributed by atoms with Crippen LogP contribution in [0.4, 0.5) is 4.39 Å².